The number of rotatable bonds is 8. The first-order valence-corrected chi connectivity index (χ1v) is 17.4. The standard InChI is InChI=1S/C34H59N3O5/c1-19-26-15-23(34(26,3)4)16-27(19)36-33(40)31-29(20(2)39)28(18-38)42-37(31)17-22-10-7-13-25(32(22)41-5)24-12-6-9-21-11-8-14-35-30(21)24/h19-32,35,38-39H,6-18H2,1-5H3,(H,36,40)/t19-,20-,21?,22?,23+,24?,25?,26-,27-,28-,29-,30?,31-,32?/m0/s1. The predicted octanol–water partition coefficient (Wildman–Crippen LogP) is 3.75. The average Bonchev–Trinajstić information content (AvgIpc) is 3.36. The number of piperidine rings is 1. The molecule has 4 N–H and O–H groups in total. The van der Waals surface area contributed by atoms with Crippen molar-refractivity contribution in [2.75, 3.05) is 26.8 Å². The fourth-order valence-corrected chi connectivity index (χ4v) is 11.1. The summed E-state index contributed by atoms with van der Waals surface area (Å²) in [5.74, 6) is 3.33. The summed E-state index contributed by atoms with van der Waals surface area (Å²) >= 11 is 0. The van der Waals surface area contributed by atoms with Crippen LogP contribution in [-0.2, 0) is 14.4 Å². The minimum absolute atomic E-state index is 0.0596. The van der Waals surface area contributed by atoms with Gasteiger partial charge in [0.1, 0.15) is 12.1 Å². The highest BCUT2D eigenvalue weighted by Crippen LogP contribution is 2.61. The van der Waals surface area contributed by atoms with Gasteiger partial charge in [0.25, 0.3) is 0 Å². The number of nitrogens with zero attached hydrogens (tertiary/aromatic N) is 1. The Kier molecular flexibility index (Phi) is 9.33. The number of amides is 1. The highest BCUT2D eigenvalue weighted by Gasteiger charge is 2.58. The minimum Gasteiger partial charge on any atom is -0.394 e. The highest BCUT2D eigenvalue weighted by atomic mass is 16.7. The molecule has 240 valence electrons. The molecule has 2 bridgehead atoms. The molecule has 7 rings (SSSR count). The van der Waals surface area contributed by atoms with Crippen LogP contribution in [-0.4, -0.2) is 84.4 Å². The van der Waals surface area contributed by atoms with Crippen molar-refractivity contribution in [3.63, 3.8) is 0 Å². The first kappa shape index (κ1) is 31.2. The van der Waals surface area contributed by atoms with Gasteiger partial charge in [0, 0.05) is 37.6 Å². The van der Waals surface area contributed by atoms with Crippen LogP contribution < -0.4 is 10.6 Å². The summed E-state index contributed by atoms with van der Waals surface area (Å²) < 4.78 is 6.35. The van der Waals surface area contributed by atoms with Gasteiger partial charge < -0.3 is 25.6 Å². The number of carbonyl (C=O) groups is 1. The zero-order valence-corrected chi connectivity index (χ0v) is 26.8. The highest BCUT2D eigenvalue weighted by molar-refractivity contribution is 5.82. The molecule has 0 aromatic heterocycles. The smallest absolute Gasteiger partial charge is 0.240 e. The van der Waals surface area contributed by atoms with Crippen molar-refractivity contribution >= 4 is 5.91 Å². The summed E-state index contributed by atoms with van der Waals surface area (Å²) in [6.45, 7) is 10.3. The second-order valence-electron chi connectivity index (χ2n) is 15.8. The fourth-order valence-electron chi connectivity index (χ4n) is 11.1. The summed E-state index contributed by atoms with van der Waals surface area (Å²) in [6.07, 6.45) is 11.0. The van der Waals surface area contributed by atoms with Crippen LogP contribution in [0.25, 0.3) is 0 Å². The molecule has 2 saturated heterocycles. The van der Waals surface area contributed by atoms with Crippen molar-refractivity contribution < 1.29 is 24.6 Å². The Balaban J connectivity index is 1.18. The van der Waals surface area contributed by atoms with Gasteiger partial charge in [-0.2, -0.15) is 5.06 Å². The zero-order valence-electron chi connectivity index (χ0n) is 26.8. The van der Waals surface area contributed by atoms with E-state index < -0.39 is 24.2 Å². The molecule has 6 unspecified atom stereocenters. The van der Waals surface area contributed by atoms with Crippen LogP contribution in [0.1, 0.15) is 91.9 Å². The summed E-state index contributed by atoms with van der Waals surface area (Å²) in [7, 11) is 1.87. The van der Waals surface area contributed by atoms with Crippen molar-refractivity contribution in [3.05, 3.63) is 0 Å². The first-order valence-electron chi connectivity index (χ1n) is 17.4. The Morgan fingerprint density at radius 3 is 2.55 bits per heavy atom. The van der Waals surface area contributed by atoms with E-state index in [9.17, 15) is 15.0 Å². The lowest BCUT2D eigenvalue weighted by Crippen LogP contribution is -2.62. The van der Waals surface area contributed by atoms with Crippen molar-refractivity contribution in [2.45, 2.75) is 128 Å². The molecule has 2 aliphatic heterocycles. The van der Waals surface area contributed by atoms with E-state index in [2.05, 4.69) is 31.4 Å². The van der Waals surface area contributed by atoms with E-state index in [-0.39, 0.29) is 30.6 Å². The Bertz CT molecular complexity index is 944. The van der Waals surface area contributed by atoms with Crippen LogP contribution in [0.5, 0.6) is 0 Å². The molecule has 0 aromatic carbocycles. The van der Waals surface area contributed by atoms with E-state index >= 15 is 0 Å². The molecule has 1 amide bonds. The van der Waals surface area contributed by atoms with E-state index in [0.717, 1.165) is 31.7 Å². The molecule has 0 spiro atoms. The van der Waals surface area contributed by atoms with Gasteiger partial charge in [-0.15, -0.1) is 0 Å². The number of carbonyl (C=O) groups excluding carboxylic acids is 1. The molecule has 7 fully saturated rings. The molecule has 8 heteroatoms. The topological polar surface area (TPSA) is 103 Å². The van der Waals surface area contributed by atoms with Crippen LogP contribution in [0.15, 0.2) is 0 Å². The van der Waals surface area contributed by atoms with Crippen LogP contribution in [0, 0.1) is 52.8 Å². The normalized spacial score (nSPS) is 47.7. The predicted molar refractivity (Wildman–Crippen MR) is 162 cm³/mol. The lowest BCUT2D eigenvalue weighted by atomic mass is 9.45. The summed E-state index contributed by atoms with van der Waals surface area (Å²) in [6, 6.07) is 0.118. The van der Waals surface area contributed by atoms with E-state index in [1.54, 1.807) is 6.92 Å². The third-order valence-electron chi connectivity index (χ3n) is 13.5. The molecule has 2 heterocycles. The number of fused-ring (bicyclic) bond motifs is 3. The average molecular weight is 590 g/mol. The van der Waals surface area contributed by atoms with Crippen molar-refractivity contribution in [2.24, 2.45) is 52.8 Å². The number of hydrogen-bond acceptors (Lipinski definition) is 7. The Morgan fingerprint density at radius 1 is 1.12 bits per heavy atom. The number of hydroxylamine groups is 2. The monoisotopic (exact) mass is 589 g/mol. The molecular formula is C34H59N3O5. The van der Waals surface area contributed by atoms with Gasteiger partial charge in [-0.05, 0) is 106 Å². The molecule has 14 atom stereocenters. The van der Waals surface area contributed by atoms with Gasteiger partial charge in [-0.1, -0.05) is 33.6 Å². The number of aliphatic hydroxyl groups is 2. The molecule has 7 aliphatic rings. The van der Waals surface area contributed by atoms with Gasteiger partial charge in [0.15, 0.2) is 0 Å². The fraction of sp³-hybridized carbons (Fsp3) is 0.971. The maximum Gasteiger partial charge on any atom is 0.240 e. The Morgan fingerprint density at radius 2 is 1.86 bits per heavy atom. The lowest BCUT2D eigenvalue weighted by Gasteiger charge is -2.62. The Hall–Kier alpha value is -0.770. The SMILES string of the molecule is COC1C(CN2O[C@@H](CO)[C@H]([C@H](C)O)[C@H]2C(=O)N[C@H]2C[C@H]3C[C@@H]([C@@H]2C)C3(C)C)CCCC1C1CCCC2CCCNC21. The summed E-state index contributed by atoms with van der Waals surface area (Å²) in [5, 5.41) is 30.3. The molecule has 0 radical (unpaired) electrons. The van der Waals surface area contributed by atoms with Crippen molar-refractivity contribution in [1.29, 1.82) is 0 Å². The maximum atomic E-state index is 14.1. The van der Waals surface area contributed by atoms with Gasteiger partial charge in [0.2, 0.25) is 5.91 Å². The van der Waals surface area contributed by atoms with Crippen molar-refractivity contribution in [3.8, 4) is 0 Å². The van der Waals surface area contributed by atoms with E-state index in [1.807, 2.05) is 12.2 Å². The van der Waals surface area contributed by atoms with Gasteiger partial charge >= 0.3 is 0 Å². The van der Waals surface area contributed by atoms with Crippen LogP contribution in [0.3, 0.4) is 0 Å². The molecular weight excluding hydrogens is 530 g/mol. The lowest BCUT2D eigenvalue weighted by molar-refractivity contribution is -0.193. The molecule has 5 saturated carbocycles. The van der Waals surface area contributed by atoms with E-state index in [1.165, 1.54) is 44.9 Å². The molecule has 8 nitrogen and oxygen atoms in total. The van der Waals surface area contributed by atoms with Crippen LogP contribution in [0.4, 0.5) is 0 Å². The second-order valence-corrected chi connectivity index (χ2v) is 15.8. The third kappa shape index (κ3) is 5.49. The zero-order chi connectivity index (χ0) is 29.8. The third-order valence-corrected chi connectivity index (χ3v) is 13.5. The molecule has 42 heavy (non-hydrogen) atoms. The van der Waals surface area contributed by atoms with Gasteiger partial charge in [0.05, 0.1) is 18.8 Å². The maximum absolute atomic E-state index is 14.1. The van der Waals surface area contributed by atoms with Gasteiger partial charge in [-0.3, -0.25) is 9.63 Å². The quantitative estimate of drug-likeness (QED) is 0.342. The van der Waals surface area contributed by atoms with Gasteiger partial charge in [-0.25, -0.2) is 0 Å². The first-order chi connectivity index (χ1) is 20.1. The summed E-state index contributed by atoms with van der Waals surface area (Å²) in [4.78, 5) is 20.5. The number of methoxy groups -OCH3 is 1. The second kappa shape index (κ2) is 12.6. The minimum atomic E-state index is -0.770. The number of nitrogens with one attached hydrogen (secondary N) is 2. The van der Waals surface area contributed by atoms with E-state index in [0.29, 0.717) is 47.6 Å². The number of ether oxygens (including phenoxy) is 1. The summed E-state index contributed by atoms with van der Waals surface area (Å²) in [5.41, 5.74) is 0.353. The van der Waals surface area contributed by atoms with Crippen molar-refractivity contribution in [1.82, 2.24) is 15.7 Å². The number of hydrogen-bond donors (Lipinski definition) is 4. The van der Waals surface area contributed by atoms with Crippen LogP contribution in [0.2, 0.25) is 0 Å². The molecule has 0 aromatic rings. The Labute approximate surface area is 254 Å². The van der Waals surface area contributed by atoms with Crippen LogP contribution >= 0.6 is 0 Å². The van der Waals surface area contributed by atoms with E-state index in [4.69, 9.17) is 9.57 Å². The largest absolute Gasteiger partial charge is 0.394 e. The number of aliphatic hydroxyl groups excluding tert-OH is 2. The molecule has 5 aliphatic carbocycles.